The maximum atomic E-state index is 13.9. The van der Waals surface area contributed by atoms with Crippen LogP contribution in [0.3, 0.4) is 0 Å². The number of halogens is 3. The Balaban J connectivity index is 0.00000161. The van der Waals surface area contributed by atoms with Crippen LogP contribution in [-0.2, 0) is 0 Å². The van der Waals surface area contributed by atoms with Gasteiger partial charge in [0.25, 0.3) is 0 Å². The summed E-state index contributed by atoms with van der Waals surface area (Å²) in [5.74, 6) is -0.196. The van der Waals surface area contributed by atoms with Crippen LogP contribution in [0.25, 0.3) is 0 Å². The normalized spacial score (nSPS) is 17.2. The highest BCUT2D eigenvalue weighted by atomic mass is 79.9. The molecule has 0 saturated carbocycles. The Bertz CT molecular complexity index is 573. The summed E-state index contributed by atoms with van der Waals surface area (Å²) in [5.41, 5.74) is 2.24. The van der Waals surface area contributed by atoms with Gasteiger partial charge in [-0.1, -0.05) is 12.1 Å². The lowest BCUT2D eigenvalue weighted by atomic mass is 9.98. The van der Waals surface area contributed by atoms with Crippen molar-refractivity contribution in [3.05, 3.63) is 56.4 Å². The third-order valence-electron chi connectivity index (χ3n) is 3.65. The van der Waals surface area contributed by atoms with Crippen LogP contribution in [-0.4, -0.2) is 31.1 Å². The van der Waals surface area contributed by atoms with Gasteiger partial charge in [0, 0.05) is 26.2 Å². The van der Waals surface area contributed by atoms with Crippen LogP contribution < -0.4 is 5.32 Å². The van der Waals surface area contributed by atoms with Crippen LogP contribution in [0.1, 0.15) is 17.2 Å². The highest BCUT2D eigenvalue weighted by molar-refractivity contribution is 9.10. The third kappa shape index (κ3) is 3.66. The van der Waals surface area contributed by atoms with E-state index in [1.54, 1.807) is 17.4 Å². The number of hydrogen-bond acceptors (Lipinski definition) is 3. The molecular weight excluding hydrogens is 375 g/mol. The molecule has 0 bridgehead atoms. The molecule has 1 aromatic carbocycles. The number of nitrogens with zero attached hydrogens (tertiary/aromatic N) is 1. The van der Waals surface area contributed by atoms with Gasteiger partial charge in [-0.15, -0.1) is 12.4 Å². The Hall–Kier alpha value is -0.460. The van der Waals surface area contributed by atoms with Crippen LogP contribution in [0, 0.1) is 5.82 Å². The summed E-state index contributed by atoms with van der Waals surface area (Å²) in [5, 5.41) is 7.61. The molecule has 2 nitrogen and oxygen atoms in total. The minimum absolute atomic E-state index is 0. The molecular formula is C15H17BrClFN2S. The summed E-state index contributed by atoms with van der Waals surface area (Å²) < 4.78 is 14.5. The van der Waals surface area contributed by atoms with Crippen molar-refractivity contribution in [3.63, 3.8) is 0 Å². The molecule has 0 spiro atoms. The Kier molecular flexibility index (Phi) is 6.20. The van der Waals surface area contributed by atoms with Gasteiger partial charge in [-0.3, -0.25) is 4.90 Å². The number of benzene rings is 1. The Labute approximate surface area is 142 Å². The molecule has 1 aromatic heterocycles. The summed E-state index contributed by atoms with van der Waals surface area (Å²) >= 11 is 5.10. The van der Waals surface area contributed by atoms with E-state index in [9.17, 15) is 4.39 Å². The quantitative estimate of drug-likeness (QED) is 0.848. The number of hydrogen-bond donors (Lipinski definition) is 1. The zero-order valence-corrected chi connectivity index (χ0v) is 14.6. The van der Waals surface area contributed by atoms with E-state index in [1.165, 1.54) is 11.6 Å². The van der Waals surface area contributed by atoms with Gasteiger partial charge in [0.2, 0.25) is 0 Å². The molecule has 2 heterocycles. The first-order valence-electron chi connectivity index (χ1n) is 6.68. The SMILES string of the molecule is Cl.Fc1cccc([C@H](c2ccsc2)N2CCNCC2)c1Br. The van der Waals surface area contributed by atoms with Crippen LogP contribution in [0.5, 0.6) is 0 Å². The molecule has 21 heavy (non-hydrogen) atoms. The van der Waals surface area contributed by atoms with Crippen molar-refractivity contribution in [2.45, 2.75) is 6.04 Å². The fourth-order valence-corrected chi connectivity index (χ4v) is 3.85. The molecule has 3 rings (SSSR count). The smallest absolute Gasteiger partial charge is 0.137 e. The fourth-order valence-electron chi connectivity index (χ4n) is 2.69. The van der Waals surface area contributed by atoms with Crippen LogP contribution >= 0.6 is 39.7 Å². The topological polar surface area (TPSA) is 15.3 Å². The molecule has 1 atom stereocenters. The minimum atomic E-state index is -0.196. The second-order valence-corrected chi connectivity index (χ2v) is 6.46. The van der Waals surface area contributed by atoms with Crippen molar-refractivity contribution in [2.75, 3.05) is 26.2 Å². The van der Waals surface area contributed by atoms with Crippen molar-refractivity contribution in [1.29, 1.82) is 0 Å². The molecule has 2 aromatic rings. The molecule has 0 amide bonds. The van der Waals surface area contributed by atoms with Crippen molar-refractivity contribution in [1.82, 2.24) is 10.2 Å². The highest BCUT2D eigenvalue weighted by Crippen LogP contribution is 2.35. The number of thiophene rings is 1. The molecule has 1 aliphatic heterocycles. The van der Waals surface area contributed by atoms with Crippen molar-refractivity contribution in [3.8, 4) is 0 Å². The minimum Gasteiger partial charge on any atom is -0.314 e. The lowest BCUT2D eigenvalue weighted by Gasteiger charge is -2.35. The lowest BCUT2D eigenvalue weighted by molar-refractivity contribution is 0.198. The molecule has 1 fully saturated rings. The fraction of sp³-hybridized carbons (Fsp3) is 0.333. The van der Waals surface area contributed by atoms with E-state index in [2.05, 4.69) is 43.0 Å². The predicted octanol–water partition coefficient (Wildman–Crippen LogP) is 4.07. The zero-order valence-electron chi connectivity index (χ0n) is 11.4. The maximum absolute atomic E-state index is 13.9. The molecule has 0 radical (unpaired) electrons. The van der Waals surface area contributed by atoms with Crippen molar-refractivity contribution < 1.29 is 4.39 Å². The Morgan fingerprint density at radius 1 is 1.24 bits per heavy atom. The van der Waals surface area contributed by atoms with Gasteiger partial charge >= 0.3 is 0 Å². The van der Waals surface area contributed by atoms with E-state index in [-0.39, 0.29) is 24.3 Å². The molecule has 0 unspecified atom stereocenters. The Morgan fingerprint density at radius 2 is 2.00 bits per heavy atom. The first-order valence-corrected chi connectivity index (χ1v) is 8.41. The van der Waals surface area contributed by atoms with Crippen LogP contribution in [0.2, 0.25) is 0 Å². The maximum Gasteiger partial charge on any atom is 0.137 e. The molecule has 0 aliphatic carbocycles. The molecule has 1 saturated heterocycles. The summed E-state index contributed by atoms with van der Waals surface area (Å²) in [4.78, 5) is 2.41. The van der Waals surface area contributed by atoms with Crippen LogP contribution in [0.4, 0.5) is 4.39 Å². The molecule has 1 aliphatic rings. The first-order chi connectivity index (χ1) is 9.77. The largest absolute Gasteiger partial charge is 0.314 e. The summed E-state index contributed by atoms with van der Waals surface area (Å²) in [6.45, 7) is 3.91. The average Bonchev–Trinajstić information content (AvgIpc) is 2.99. The Morgan fingerprint density at radius 3 is 2.67 bits per heavy atom. The summed E-state index contributed by atoms with van der Waals surface area (Å²) in [7, 11) is 0. The van der Waals surface area contributed by atoms with E-state index in [0.29, 0.717) is 4.47 Å². The number of nitrogens with one attached hydrogen (secondary N) is 1. The van der Waals surface area contributed by atoms with Gasteiger partial charge < -0.3 is 5.32 Å². The predicted molar refractivity (Wildman–Crippen MR) is 92.0 cm³/mol. The third-order valence-corrected chi connectivity index (χ3v) is 5.19. The van der Waals surface area contributed by atoms with Gasteiger partial charge in [-0.25, -0.2) is 4.39 Å². The molecule has 6 heteroatoms. The highest BCUT2D eigenvalue weighted by Gasteiger charge is 2.26. The van der Waals surface area contributed by atoms with Crippen molar-refractivity contribution >= 4 is 39.7 Å². The first kappa shape index (κ1) is 16.9. The molecule has 114 valence electrons. The van der Waals surface area contributed by atoms with Gasteiger partial charge in [-0.2, -0.15) is 11.3 Å². The number of piperazine rings is 1. The lowest BCUT2D eigenvalue weighted by Crippen LogP contribution is -2.45. The van der Waals surface area contributed by atoms with E-state index >= 15 is 0 Å². The van der Waals surface area contributed by atoms with Gasteiger partial charge in [0.15, 0.2) is 0 Å². The number of rotatable bonds is 3. The summed E-state index contributed by atoms with van der Waals surface area (Å²) in [6.07, 6.45) is 0. The van der Waals surface area contributed by atoms with E-state index in [0.717, 1.165) is 31.7 Å². The second-order valence-electron chi connectivity index (χ2n) is 4.89. The summed E-state index contributed by atoms with van der Waals surface area (Å²) in [6, 6.07) is 7.55. The molecule has 1 N–H and O–H groups in total. The van der Waals surface area contributed by atoms with E-state index < -0.39 is 0 Å². The van der Waals surface area contributed by atoms with Gasteiger partial charge in [-0.05, 0) is 49.9 Å². The zero-order chi connectivity index (χ0) is 13.9. The van der Waals surface area contributed by atoms with Gasteiger partial charge in [0.1, 0.15) is 5.82 Å². The average molecular weight is 392 g/mol. The van der Waals surface area contributed by atoms with E-state index in [1.807, 2.05) is 6.07 Å². The van der Waals surface area contributed by atoms with Crippen molar-refractivity contribution in [2.24, 2.45) is 0 Å². The van der Waals surface area contributed by atoms with Gasteiger partial charge in [0.05, 0.1) is 10.5 Å². The monoisotopic (exact) mass is 390 g/mol. The standard InChI is InChI=1S/C15H16BrFN2S.ClH/c16-14-12(2-1-3-13(14)17)15(11-4-9-20-10-11)19-7-5-18-6-8-19;/h1-4,9-10,15,18H,5-8H2;1H/t15-;/m0./s1. The second kappa shape index (κ2) is 7.70. The van der Waals surface area contributed by atoms with E-state index in [4.69, 9.17) is 0 Å². The van der Waals surface area contributed by atoms with Crippen LogP contribution in [0.15, 0.2) is 39.5 Å².